The first-order valence-electron chi connectivity index (χ1n) is 15.9. The number of rotatable bonds is 10. The van der Waals surface area contributed by atoms with Gasteiger partial charge in [0.25, 0.3) is 0 Å². The molecular formula is C37H45N5O5. The summed E-state index contributed by atoms with van der Waals surface area (Å²) in [6, 6.07) is 20.4. The molecule has 1 saturated heterocycles. The van der Waals surface area contributed by atoms with Crippen molar-refractivity contribution < 1.29 is 23.8 Å². The highest BCUT2D eigenvalue weighted by Crippen LogP contribution is 2.41. The van der Waals surface area contributed by atoms with E-state index in [-0.39, 0.29) is 17.1 Å². The summed E-state index contributed by atoms with van der Waals surface area (Å²) >= 11 is 0. The Labute approximate surface area is 276 Å². The van der Waals surface area contributed by atoms with Gasteiger partial charge in [-0.3, -0.25) is 10.1 Å². The number of aryl methyl sites for hydroxylation is 1. The fourth-order valence-electron chi connectivity index (χ4n) is 5.99. The third-order valence-corrected chi connectivity index (χ3v) is 8.62. The summed E-state index contributed by atoms with van der Waals surface area (Å²) < 4.78 is 18.4. The van der Waals surface area contributed by atoms with Crippen molar-refractivity contribution in [1.29, 1.82) is 0 Å². The van der Waals surface area contributed by atoms with Gasteiger partial charge in [0.1, 0.15) is 28.6 Å². The number of anilines is 2. The number of amides is 2. The second-order valence-corrected chi connectivity index (χ2v) is 12.9. The molecule has 10 heteroatoms. The van der Waals surface area contributed by atoms with Gasteiger partial charge in [-0.1, -0.05) is 50.6 Å². The van der Waals surface area contributed by atoms with Gasteiger partial charge in [0, 0.05) is 29.3 Å². The minimum atomic E-state index is -0.434. The molecule has 0 spiro atoms. The monoisotopic (exact) mass is 639 g/mol. The molecule has 0 bridgehead atoms. The molecule has 1 atom stereocenters. The zero-order valence-electron chi connectivity index (χ0n) is 28.3. The number of nitrogens with zero attached hydrogens (tertiary/aromatic N) is 2. The van der Waals surface area contributed by atoms with Crippen molar-refractivity contribution >= 4 is 23.3 Å². The maximum absolute atomic E-state index is 14.4. The molecule has 3 N–H and O–H groups in total. The number of carbonyl (C=O) groups is 2. The molecule has 1 fully saturated rings. The first-order chi connectivity index (χ1) is 22.5. The van der Waals surface area contributed by atoms with Crippen LogP contribution in [0.15, 0.2) is 66.7 Å². The Kier molecular flexibility index (Phi) is 10.2. The number of aromatic nitrogens is 2. The van der Waals surface area contributed by atoms with E-state index in [2.05, 4.69) is 36.7 Å². The maximum Gasteiger partial charge on any atom is 0.324 e. The minimum Gasteiger partial charge on any atom is -0.496 e. The lowest BCUT2D eigenvalue weighted by atomic mass is 9.76. The number of piperidine rings is 1. The van der Waals surface area contributed by atoms with E-state index >= 15 is 0 Å². The number of Topliss-reactive ketones (excluding diaryl/α,β-unsaturated/α-hetero) is 1. The molecule has 3 aromatic carbocycles. The molecule has 248 valence electrons. The van der Waals surface area contributed by atoms with Gasteiger partial charge in [-0.05, 0) is 68.6 Å². The predicted molar refractivity (Wildman–Crippen MR) is 185 cm³/mol. The third kappa shape index (κ3) is 7.60. The van der Waals surface area contributed by atoms with E-state index in [0.717, 1.165) is 48.4 Å². The van der Waals surface area contributed by atoms with Crippen LogP contribution in [0.25, 0.3) is 5.69 Å². The Morgan fingerprint density at radius 2 is 1.49 bits per heavy atom. The number of benzene rings is 3. The van der Waals surface area contributed by atoms with Crippen LogP contribution in [0.3, 0.4) is 0 Å². The quantitative estimate of drug-likeness (QED) is 0.158. The Morgan fingerprint density at radius 3 is 2.04 bits per heavy atom. The van der Waals surface area contributed by atoms with Crippen molar-refractivity contribution in [3.05, 3.63) is 89.1 Å². The summed E-state index contributed by atoms with van der Waals surface area (Å²) in [4.78, 5) is 27.7. The normalized spacial score (nSPS) is 14.3. The number of ketones is 1. The van der Waals surface area contributed by atoms with Crippen LogP contribution in [0.2, 0.25) is 0 Å². The van der Waals surface area contributed by atoms with Gasteiger partial charge < -0.3 is 24.8 Å². The van der Waals surface area contributed by atoms with Crippen LogP contribution in [-0.4, -0.2) is 56.0 Å². The van der Waals surface area contributed by atoms with Gasteiger partial charge in [-0.2, -0.15) is 5.10 Å². The number of urea groups is 1. The Hall–Kier alpha value is -4.83. The van der Waals surface area contributed by atoms with Gasteiger partial charge in [-0.15, -0.1) is 0 Å². The lowest BCUT2D eigenvalue weighted by molar-refractivity contribution is 0.0909. The molecule has 5 rings (SSSR count). The van der Waals surface area contributed by atoms with E-state index < -0.39 is 11.9 Å². The number of hydrogen-bond donors (Lipinski definition) is 3. The van der Waals surface area contributed by atoms with E-state index in [1.165, 1.54) is 14.2 Å². The molecule has 1 aliphatic heterocycles. The standard InChI is InChI=1S/C37H45N5O5/c1-23-8-14-27(15-9-23)42-32(22-31(41-42)37(2,3)4)40-36(44)39-26-12-10-24(11-13-26)33(25-16-18-38-19-17-25)35(43)34-29(46-6)20-28(45-5)21-30(34)47-7/h8-15,20-22,25,33,38H,16-19H2,1-7H3,(H2,39,40,44). The van der Waals surface area contributed by atoms with E-state index in [9.17, 15) is 9.59 Å². The minimum absolute atomic E-state index is 0.0780. The van der Waals surface area contributed by atoms with Crippen LogP contribution in [0.4, 0.5) is 16.3 Å². The van der Waals surface area contributed by atoms with Gasteiger partial charge >= 0.3 is 6.03 Å². The van der Waals surface area contributed by atoms with Crippen LogP contribution < -0.4 is 30.2 Å². The first kappa shape index (κ1) is 33.5. The predicted octanol–water partition coefficient (Wildman–Crippen LogP) is 7.11. The molecule has 1 unspecified atom stereocenters. The molecule has 1 aliphatic rings. The van der Waals surface area contributed by atoms with Crippen molar-refractivity contribution in [2.24, 2.45) is 5.92 Å². The van der Waals surface area contributed by atoms with Crippen LogP contribution in [-0.2, 0) is 5.41 Å². The molecule has 4 aromatic rings. The maximum atomic E-state index is 14.4. The number of carbonyl (C=O) groups excluding carboxylic acids is 2. The SMILES string of the molecule is COc1cc(OC)c(C(=O)C(c2ccc(NC(=O)Nc3cc(C(C)(C)C)nn3-c3ccc(C)cc3)cc2)C2CCNCC2)c(OC)c1. The molecule has 2 amide bonds. The average molecular weight is 640 g/mol. The first-order valence-corrected chi connectivity index (χ1v) is 15.9. The average Bonchev–Trinajstić information content (AvgIpc) is 3.50. The summed E-state index contributed by atoms with van der Waals surface area (Å²) in [7, 11) is 4.63. The summed E-state index contributed by atoms with van der Waals surface area (Å²) in [5.74, 6) is 1.51. The van der Waals surface area contributed by atoms with Crippen molar-refractivity contribution in [3.8, 4) is 22.9 Å². The summed E-state index contributed by atoms with van der Waals surface area (Å²) in [5, 5.41) is 14.1. The molecule has 2 heterocycles. The Bertz CT molecular complexity index is 1680. The van der Waals surface area contributed by atoms with E-state index in [1.54, 1.807) is 23.9 Å². The second kappa shape index (κ2) is 14.3. The van der Waals surface area contributed by atoms with Gasteiger partial charge in [-0.25, -0.2) is 9.48 Å². The number of hydrogen-bond acceptors (Lipinski definition) is 7. The van der Waals surface area contributed by atoms with Crippen LogP contribution in [0.1, 0.15) is 66.7 Å². The summed E-state index contributed by atoms with van der Waals surface area (Å²) in [6.07, 6.45) is 1.70. The smallest absolute Gasteiger partial charge is 0.324 e. The molecule has 0 radical (unpaired) electrons. The van der Waals surface area contributed by atoms with Crippen molar-refractivity contribution in [3.63, 3.8) is 0 Å². The van der Waals surface area contributed by atoms with Crippen molar-refractivity contribution in [2.45, 2.75) is 51.9 Å². The number of ether oxygens (including phenoxy) is 3. The van der Waals surface area contributed by atoms with Gasteiger partial charge in [0.05, 0.1) is 38.6 Å². The lowest BCUT2D eigenvalue weighted by Crippen LogP contribution is -2.34. The fraction of sp³-hybridized carbons (Fsp3) is 0.378. The zero-order chi connectivity index (χ0) is 33.7. The van der Waals surface area contributed by atoms with Crippen LogP contribution in [0, 0.1) is 12.8 Å². The molecule has 47 heavy (non-hydrogen) atoms. The molecule has 0 saturated carbocycles. The molecule has 1 aromatic heterocycles. The van der Waals surface area contributed by atoms with Crippen LogP contribution >= 0.6 is 0 Å². The van der Waals surface area contributed by atoms with E-state index in [1.807, 2.05) is 61.5 Å². The Morgan fingerprint density at radius 1 is 0.872 bits per heavy atom. The van der Waals surface area contributed by atoms with Crippen molar-refractivity contribution in [1.82, 2.24) is 15.1 Å². The fourth-order valence-corrected chi connectivity index (χ4v) is 5.99. The van der Waals surface area contributed by atoms with Crippen LogP contribution in [0.5, 0.6) is 17.2 Å². The topological polar surface area (TPSA) is 116 Å². The van der Waals surface area contributed by atoms with Crippen molar-refractivity contribution in [2.75, 3.05) is 45.1 Å². The highest BCUT2D eigenvalue weighted by molar-refractivity contribution is 6.06. The highest BCUT2D eigenvalue weighted by Gasteiger charge is 2.35. The Balaban J connectivity index is 1.40. The van der Waals surface area contributed by atoms with E-state index in [0.29, 0.717) is 34.3 Å². The zero-order valence-corrected chi connectivity index (χ0v) is 28.3. The third-order valence-electron chi connectivity index (χ3n) is 8.62. The second-order valence-electron chi connectivity index (χ2n) is 12.9. The summed E-state index contributed by atoms with van der Waals surface area (Å²) in [6.45, 7) is 9.96. The molecule has 0 aliphatic carbocycles. The van der Waals surface area contributed by atoms with Gasteiger partial charge in [0.2, 0.25) is 0 Å². The largest absolute Gasteiger partial charge is 0.496 e. The molecular weight excluding hydrogens is 594 g/mol. The lowest BCUT2D eigenvalue weighted by Gasteiger charge is -2.31. The van der Waals surface area contributed by atoms with E-state index in [4.69, 9.17) is 19.3 Å². The number of nitrogens with one attached hydrogen (secondary N) is 3. The van der Waals surface area contributed by atoms with Gasteiger partial charge in [0.15, 0.2) is 5.78 Å². The summed E-state index contributed by atoms with van der Waals surface area (Å²) in [5.41, 5.74) is 4.49. The number of methoxy groups -OCH3 is 3. The molecule has 10 nitrogen and oxygen atoms in total. The highest BCUT2D eigenvalue weighted by atomic mass is 16.5.